The molecule has 0 atom stereocenters. The molecule has 7 nitrogen and oxygen atoms in total. The normalized spacial score (nSPS) is 13.0. The molecule has 1 heterocycles. The summed E-state index contributed by atoms with van der Waals surface area (Å²) in [7, 11) is -9.68. The summed E-state index contributed by atoms with van der Waals surface area (Å²) in [6, 6.07) is 3.48. The van der Waals surface area contributed by atoms with Crippen LogP contribution >= 0.6 is 15.2 Å². The molecule has 0 aliphatic carbocycles. The topological polar surface area (TPSA) is 128 Å². The molecule has 1 rings (SSSR count). The number of pyridine rings is 1. The standard InChI is InChI=1S/C9H15NO6P2/c1-7-3-2-6-10-8(7)4-5-9(17(11,12)13)18(14,15)16/h2-3,6,9H,4-5H2,1H3,(H2,11,12,13)(H2,14,15,16). The van der Waals surface area contributed by atoms with Gasteiger partial charge >= 0.3 is 15.2 Å². The molecule has 0 amide bonds. The summed E-state index contributed by atoms with van der Waals surface area (Å²) in [5, 5.41) is -1.97. The van der Waals surface area contributed by atoms with E-state index in [1.807, 2.05) is 0 Å². The Kier molecular flexibility index (Phi) is 4.84. The molecular weight excluding hydrogens is 280 g/mol. The van der Waals surface area contributed by atoms with Crippen molar-refractivity contribution in [3.63, 3.8) is 0 Å². The molecule has 1 aromatic rings. The van der Waals surface area contributed by atoms with Crippen LogP contribution in [0.3, 0.4) is 0 Å². The number of nitrogens with zero attached hydrogens (tertiary/aromatic N) is 1. The molecule has 0 aliphatic heterocycles. The summed E-state index contributed by atoms with van der Waals surface area (Å²) in [6.07, 6.45) is 1.31. The van der Waals surface area contributed by atoms with Gasteiger partial charge in [-0.3, -0.25) is 14.1 Å². The highest BCUT2D eigenvalue weighted by Crippen LogP contribution is 2.61. The molecule has 0 radical (unpaired) electrons. The lowest BCUT2D eigenvalue weighted by atomic mass is 10.1. The van der Waals surface area contributed by atoms with Crippen LogP contribution in [0.4, 0.5) is 0 Å². The Morgan fingerprint density at radius 1 is 1.22 bits per heavy atom. The lowest BCUT2D eigenvalue weighted by Gasteiger charge is -2.19. The minimum Gasteiger partial charge on any atom is -0.324 e. The van der Waals surface area contributed by atoms with Gasteiger partial charge in [0.15, 0.2) is 5.40 Å². The van der Waals surface area contributed by atoms with E-state index in [0.717, 1.165) is 5.56 Å². The van der Waals surface area contributed by atoms with Crippen molar-refractivity contribution < 1.29 is 28.7 Å². The maximum Gasteiger partial charge on any atom is 0.340 e. The minimum absolute atomic E-state index is 0.105. The first-order valence-corrected chi connectivity index (χ1v) is 8.49. The fourth-order valence-corrected chi connectivity index (χ4v) is 4.08. The Labute approximate surface area is 104 Å². The molecule has 1 aromatic heterocycles. The van der Waals surface area contributed by atoms with Gasteiger partial charge in [0, 0.05) is 11.9 Å². The maximum atomic E-state index is 11.1. The fraction of sp³-hybridized carbons (Fsp3) is 0.444. The van der Waals surface area contributed by atoms with Gasteiger partial charge in [0.2, 0.25) is 0 Å². The summed E-state index contributed by atoms with van der Waals surface area (Å²) in [6.45, 7) is 1.77. The Hall–Kier alpha value is -0.550. The van der Waals surface area contributed by atoms with Crippen molar-refractivity contribution in [3.05, 3.63) is 29.6 Å². The third-order valence-electron chi connectivity index (χ3n) is 2.53. The van der Waals surface area contributed by atoms with Crippen LogP contribution in [-0.4, -0.2) is 30.0 Å². The van der Waals surface area contributed by atoms with E-state index in [0.29, 0.717) is 5.69 Å². The number of aryl methyl sites for hydroxylation is 2. The largest absolute Gasteiger partial charge is 0.340 e. The van der Waals surface area contributed by atoms with E-state index in [9.17, 15) is 9.13 Å². The van der Waals surface area contributed by atoms with E-state index in [1.54, 1.807) is 19.1 Å². The Morgan fingerprint density at radius 2 is 1.78 bits per heavy atom. The van der Waals surface area contributed by atoms with E-state index in [4.69, 9.17) is 19.6 Å². The molecule has 102 valence electrons. The van der Waals surface area contributed by atoms with Gasteiger partial charge in [0.25, 0.3) is 0 Å². The van der Waals surface area contributed by atoms with Gasteiger partial charge in [-0.25, -0.2) is 0 Å². The summed E-state index contributed by atoms with van der Waals surface area (Å²) in [5.41, 5.74) is 1.39. The number of aromatic nitrogens is 1. The molecule has 0 spiro atoms. The molecule has 0 bridgehead atoms. The van der Waals surface area contributed by atoms with Gasteiger partial charge in [0.1, 0.15) is 0 Å². The van der Waals surface area contributed by atoms with Crippen LogP contribution in [0, 0.1) is 6.92 Å². The smallest absolute Gasteiger partial charge is 0.324 e. The number of rotatable bonds is 5. The van der Waals surface area contributed by atoms with Crippen molar-refractivity contribution in [2.45, 2.75) is 25.2 Å². The molecule has 0 aliphatic rings. The van der Waals surface area contributed by atoms with E-state index in [1.165, 1.54) is 6.20 Å². The molecule has 0 saturated heterocycles. The summed E-state index contributed by atoms with van der Waals surface area (Å²) >= 11 is 0. The van der Waals surface area contributed by atoms with Crippen LogP contribution in [0.2, 0.25) is 0 Å². The van der Waals surface area contributed by atoms with Crippen LogP contribution in [-0.2, 0) is 15.6 Å². The Balaban J connectivity index is 2.86. The van der Waals surface area contributed by atoms with E-state index >= 15 is 0 Å². The first-order chi connectivity index (χ1) is 8.12. The van der Waals surface area contributed by atoms with Crippen molar-refractivity contribution in [3.8, 4) is 0 Å². The van der Waals surface area contributed by atoms with Gasteiger partial charge < -0.3 is 19.6 Å². The van der Waals surface area contributed by atoms with Crippen molar-refractivity contribution in [1.82, 2.24) is 4.98 Å². The van der Waals surface area contributed by atoms with Gasteiger partial charge in [-0.15, -0.1) is 0 Å². The van der Waals surface area contributed by atoms with Gasteiger partial charge in [-0.05, 0) is 31.4 Å². The molecule has 0 aromatic carbocycles. The molecule has 0 unspecified atom stereocenters. The molecular formula is C9H15NO6P2. The third kappa shape index (κ3) is 4.28. The lowest BCUT2D eigenvalue weighted by Crippen LogP contribution is -2.11. The van der Waals surface area contributed by atoms with Crippen LogP contribution in [0.25, 0.3) is 0 Å². The van der Waals surface area contributed by atoms with E-state index in [-0.39, 0.29) is 12.8 Å². The summed E-state index contributed by atoms with van der Waals surface area (Å²) in [4.78, 5) is 39.8. The zero-order valence-corrected chi connectivity index (χ0v) is 11.5. The van der Waals surface area contributed by atoms with Gasteiger partial charge in [-0.1, -0.05) is 6.07 Å². The monoisotopic (exact) mass is 295 g/mol. The zero-order chi connectivity index (χ0) is 14.0. The second-order valence-corrected chi connectivity index (χ2v) is 7.97. The van der Waals surface area contributed by atoms with Crippen LogP contribution in [0.5, 0.6) is 0 Å². The molecule has 0 saturated carbocycles. The first kappa shape index (κ1) is 15.5. The lowest BCUT2D eigenvalue weighted by molar-refractivity contribution is 0.335. The minimum atomic E-state index is -4.84. The highest BCUT2D eigenvalue weighted by Gasteiger charge is 2.42. The number of hydrogen-bond donors (Lipinski definition) is 4. The van der Waals surface area contributed by atoms with E-state index < -0.39 is 20.6 Å². The first-order valence-electron chi connectivity index (χ1n) is 5.13. The highest BCUT2D eigenvalue weighted by molar-refractivity contribution is 7.70. The van der Waals surface area contributed by atoms with Gasteiger partial charge in [-0.2, -0.15) is 0 Å². The molecule has 18 heavy (non-hydrogen) atoms. The van der Waals surface area contributed by atoms with E-state index in [2.05, 4.69) is 4.98 Å². The van der Waals surface area contributed by atoms with Crippen LogP contribution < -0.4 is 0 Å². The molecule has 4 N–H and O–H groups in total. The Morgan fingerprint density at radius 3 is 2.22 bits per heavy atom. The van der Waals surface area contributed by atoms with Crippen LogP contribution in [0.15, 0.2) is 18.3 Å². The predicted octanol–water partition coefficient (Wildman–Crippen LogP) is 1.00. The van der Waals surface area contributed by atoms with Crippen molar-refractivity contribution in [1.29, 1.82) is 0 Å². The zero-order valence-electron chi connectivity index (χ0n) is 9.67. The van der Waals surface area contributed by atoms with Crippen molar-refractivity contribution >= 4 is 15.2 Å². The van der Waals surface area contributed by atoms with Gasteiger partial charge in [0.05, 0.1) is 0 Å². The Bertz CT molecular complexity index is 486. The summed E-state index contributed by atoms with van der Waals surface area (Å²) < 4.78 is 22.1. The quantitative estimate of drug-likeness (QED) is 0.596. The second kappa shape index (κ2) is 5.61. The number of hydrogen-bond acceptors (Lipinski definition) is 3. The second-order valence-electron chi connectivity index (χ2n) is 3.96. The SMILES string of the molecule is Cc1cccnc1CCC(P(=O)(O)O)P(=O)(O)O. The van der Waals surface area contributed by atoms with Crippen LogP contribution in [0.1, 0.15) is 17.7 Å². The highest BCUT2D eigenvalue weighted by atomic mass is 31.2. The third-order valence-corrected chi connectivity index (χ3v) is 6.41. The molecule has 9 heteroatoms. The van der Waals surface area contributed by atoms with Crippen molar-refractivity contribution in [2.24, 2.45) is 0 Å². The predicted molar refractivity (Wildman–Crippen MR) is 65.2 cm³/mol. The molecule has 0 fully saturated rings. The maximum absolute atomic E-state index is 11.1. The average Bonchev–Trinajstić information content (AvgIpc) is 2.17. The average molecular weight is 295 g/mol. The fourth-order valence-electron chi connectivity index (χ4n) is 1.58. The summed E-state index contributed by atoms with van der Waals surface area (Å²) in [5.74, 6) is 0. The van der Waals surface area contributed by atoms with Crippen molar-refractivity contribution in [2.75, 3.05) is 0 Å².